The highest BCUT2D eigenvalue weighted by Gasteiger charge is 2.32. The summed E-state index contributed by atoms with van der Waals surface area (Å²) in [5.41, 5.74) is 6.96. The van der Waals surface area contributed by atoms with Crippen molar-refractivity contribution < 1.29 is 22.7 Å². The van der Waals surface area contributed by atoms with E-state index in [1.165, 1.54) is 6.07 Å². The van der Waals surface area contributed by atoms with E-state index in [1.54, 1.807) is 4.90 Å². The van der Waals surface area contributed by atoms with Crippen LogP contribution in [0.1, 0.15) is 30.9 Å². The largest absolute Gasteiger partial charge is 0.477 e. The summed E-state index contributed by atoms with van der Waals surface area (Å²) in [6, 6.07) is 11.6. The van der Waals surface area contributed by atoms with E-state index < -0.39 is 11.7 Å². The van der Waals surface area contributed by atoms with Crippen molar-refractivity contribution in [3.63, 3.8) is 0 Å². The van der Waals surface area contributed by atoms with Gasteiger partial charge in [0.15, 0.2) is 0 Å². The number of hydrogen-bond acceptors (Lipinski definition) is 6. The molecule has 0 saturated carbocycles. The number of halogens is 3. The molecule has 2 aromatic rings. The zero-order valence-corrected chi connectivity index (χ0v) is 19.5. The minimum atomic E-state index is -4.44. The number of benzene rings is 1. The van der Waals surface area contributed by atoms with Gasteiger partial charge in [-0.05, 0) is 31.0 Å². The molecule has 1 atom stereocenters. The quantitative estimate of drug-likeness (QED) is 0.665. The molecule has 1 aromatic carbocycles. The fourth-order valence-electron chi connectivity index (χ4n) is 4.20. The van der Waals surface area contributed by atoms with E-state index in [0.29, 0.717) is 56.5 Å². The van der Waals surface area contributed by atoms with Crippen molar-refractivity contribution in [1.82, 2.24) is 9.88 Å². The zero-order chi connectivity index (χ0) is 25.0. The summed E-state index contributed by atoms with van der Waals surface area (Å²) in [6.07, 6.45) is -2.19. The van der Waals surface area contributed by atoms with Gasteiger partial charge < -0.3 is 20.3 Å². The molecule has 0 bridgehead atoms. The highest BCUT2D eigenvalue weighted by Crippen LogP contribution is 2.30. The Labute approximate surface area is 202 Å². The molecule has 10 heteroatoms. The van der Waals surface area contributed by atoms with Gasteiger partial charge >= 0.3 is 6.18 Å². The number of ether oxygens (including phenoxy) is 1. The lowest BCUT2D eigenvalue weighted by molar-refractivity contribution is -0.137. The first kappa shape index (κ1) is 24.6. The number of nitrogens with zero attached hydrogens (tertiary/aromatic N) is 4. The Kier molecular flexibility index (Phi) is 7.28. The summed E-state index contributed by atoms with van der Waals surface area (Å²) in [5.74, 6) is 0.486. The molecule has 35 heavy (non-hydrogen) atoms. The van der Waals surface area contributed by atoms with E-state index in [4.69, 9.17) is 10.5 Å². The third-order valence-electron chi connectivity index (χ3n) is 6.19. The summed E-state index contributed by atoms with van der Waals surface area (Å²) in [4.78, 5) is 25.6. The molecule has 1 amide bonds. The molecule has 0 spiro atoms. The molecular weight excluding hydrogens is 459 g/mol. The van der Waals surface area contributed by atoms with Crippen LogP contribution in [0.5, 0.6) is 0 Å². The monoisotopic (exact) mass is 487 g/mol. The Morgan fingerprint density at radius 3 is 2.51 bits per heavy atom. The molecule has 1 aromatic heterocycles. The number of carbonyl (C=O) groups excluding carboxylic acids is 1. The summed E-state index contributed by atoms with van der Waals surface area (Å²) in [6.45, 7) is 4.35. The highest BCUT2D eigenvalue weighted by molar-refractivity contribution is 6.25. The second kappa shape index (κ2) is 10.4. The second-order valence-electron chi connectivity index (χ2n) is 8.57. The van der Waals surface area contributed by atoms with Gasteiger partial charge in [0.05, 0.1) is 17.7 Å². The summed E-state index contributed by atoms with van der Waals surface area (Å²) < 4.78 is 44.4. The molecule has 1 fully saturated rings. The third-order valence-corrected chi connectivity index (χ3v) is 6.19. The smallest absolute Gasteiger partial charge is 0.417 e. The number of hydrogen-bond donors (Lipinski definition) is 1. The van der Waals surface area contributed by atoms with E-state index >= 15 is 0 Å². The topological polar surface area (TPSA) is 84.1 Å². The highest BCUT2D eigenvalue weighted by atomic mass is 19.4. The van der Waals surface area contributed by atoms with E-state index in [0.717, 1.165) is 24.2 Å². The Balaban J connectivity index is 1.57. The third kappa shape index (κ3) is 5.58. The first-order chi connectivity index (χ1) is 16.8. The number of aromatic nitrogens is 1. The Bertz CT molecular complexity index is 1100. The van der Waals surface area contributed by atoms with Crippen LogP contribution in [0, 0.1) is 0 Å². The molecule has 7 nitrogen and oxygen atoms in total. The Hall–Kier alpha value is -3.56. The molecule has 4 rings (SSSR count). The first-order valence-electron chi connectivity index (χ1n) is 11.6. The van der Waals surface area contributed by atoms with Gasteiger partial charge in [0.25, 0.3) is 5.91 Å². The van der Waals surface area contributed by atoms with E-state index in [2.05, 4.69) is 9.98 Å². The Morgan fingerprint density at radius 2 is 1.89 bits per heavy atom. The van der Waals surface area contributed by atoms with Gasteiger partial charge in [0.1, 0.15) is 11.5 Å². The van der Waals surface area contributed by atoms with E-state index in [1.807, 2.05) is 42.2 Å². The standard InChI is InChI=1S/C25H28F3N5O2/c1-17-10-12-32(20-9-8-19(16-31-20)25(26,27)28)13-14-33(17)24(34)22(29)21(18-6-3-2-4-7-18)23-30-11-5-15-35-23/h2-4,6-9,16-17H,5,10-15,29H2,1H3/b22-21-. The summed E-state index contributed by atoms with van der Waals surface area (Å²) in [7, 11) is 0. The van der Waals surface area contributed by atoms with Crippen LogP contribution in [0.3, 0.4) is 0 Å². The predicted octanol–water partition coefficient (Wildman–Crippen LogP) is 3.72. The molecule has 2 aliphatic heterocycles. The first-order valence-corrected chi connectivity index (χ1v) is 11.6. The van der Waals surface area contributed by atoms with E-state index in [-0.39, 0.29) is 17.6 Å². The average Bonchev–Trinajstić information content (AvgIpc) is 3.06. The molecule has 3 heterocycles. The van der Waals surface area contributed by atoms with Crippen molar-refractivity contribution >= 4 is 23.2 Å². The zero-order valence-electron chi connectivity index (χ0n) is 19.5. The SMILES string of the molecule is CC1CCN(c2ccc(C(F)(F)F)cn2)CCN1C(=O)/C(N)=C(/C1=NCCCO1)c1ccccc1. The molecule has 1 saturated heterocycles. The van der Waals surface area contributed by atoms with Crippen molar-refractivity contribution in [2.24, 2.45) is 10.7 Å². The van der Waals surface area contributed by atoms with Crippen LogP contribution >= 0.6 is 0 Å². The molecule has 1 unspecified atom stereocenters. The lowest BCUT2D eigenvalue weighted by atomic mass is 10.0. The van der Waals surface area contributed by atoms with Gasteiger partial charge in [0, 0.05) is 44.8 Å². The van der Waals surface area contributed by atoms with Crippen molar-refractivity contribution in [3.05, 3.63) is 65.5 Å². The lowest BCUT2D eigenvalue weighted by Crippen LogP contribution is -2.43. The molecule has 0 radical (unpaired) electrons. The molecule has 186 valence electrons. The molecule has 2 N–H and O–H groups in total. The van der Waals surface area contributed by atoms with Gasteiger partial charge in [-0.15, -0.1) is 0 Å². The van der Waals surface area contributed by atoms with Crippen LogP contribution in [0.2, 0.25) is 0 Å². The second-order valence-corrected chi connectivity index (χ2v) is 8.57. The van der Waals surface area contributed by atoms with Crippen LogP contribution in [0.4, 0.5) is 19.0 Å². The molecule has 2 aliphatic rings. The van der Waals surface area contributed by atoms with Crippen LogP contribution in [0.15, 0.2) is 59.4 Å². The van der Waals surface area contributed by atoms with Crippen LogP contribution < -0.4 is 10.6 Å². The number of carbonyl (C=O) groups is 1. The fourth-order valence-corrected chi connectivity index (χ4v) is 4.20. The maximum absolute atomic E-state index is 13.6. The van der Waals surface area contributed by atoms with Gasteiger partial charge in [-0.25, -0.2) is 4.98 Å². The summed E-state index contributed by atoms with van der Waals surface area (Å²) >= 11 is 0. The normalized spacial score (nSPS) is 19.9. The van der Waals surface area contributed by atoms with Crippen LogP contribution in [0.25, 0.3) is 5.57 Å². The predicted molar refractivity (Wildman–Crippen MR) is 128 cm³/mol. The number of anilines is 1. The minimum absolute atomic E-state index is 0.0600. The lowest BCUT2D eigenvalue weighted by Gasteiger charge is -2.28. The number of alkyl halides is 3. The van der Waals surface area contributed by atoms with Crippen molar-refractivity contribution in [2.75, 3.05) is 37.7 Å². The van der Waals surface area contributed by atoms with Gasteiger partial charge in [-0.2, -0.15) is 13.2 Å². The van der Waals surface area contributed by atoms with Crippen LogP contribution in [-0.2, 0) is 15.7 Å². The van der Waals surface area contributed by atoms with Crippen molar-refractivity contribution in [2.45, 2.75) is 32.0 Å². The van der Waals surface area contributed by atoms with Crippen LogP contribution in [-0.4, -0.2) is 60.5 Å². The van der Waals surface area contributed by atoms with Gasteiger partial charge in [-0.1, -0.05) is 30.3 Å². The Morgan fingerprint density at radius 1 is 1.11 bits per heavy atom. The molecular formula is C25H28F3N5O2. The number of rotatable bonds is 4. The fraction of sp³-hybridized carbons (Fsp3) is 0.400. The number of nitrogens with two attached hydrogens (primary N) is 1. The maximum Gasteiger partial charge on any atom is 0.417 e. The van der Waals surface area contributed by atoms with Gasteiger partial charge in [-0.3, -0.25) is 9.79 Å². The van der Waals surface area contributed by atoms with Gasteiger partial charge in [0.2, 0.25) is 5.90 Å². The number of amides is 1. The number of aliphatic imine (C=N–C) groups is 1. The van der Waals surface area contributed by atoms with Crippen molar-refractivity contribution in [1.29, 1.82) is 0 Å². The molecule has 0 aliphatic carbocycles. The summed E-state index contributed by atoms with van der Waals surface area (Å²) in [5, 5.41) is 0. The van der Waals surface area contributed by atoms with Crippen molar-refractivity contribution in [3.8, 4) is 0 Å². The minimum Gasteiger partial charge on any atom is -0.477 e. The average molecular weight is 488 g/mol. The maximum atomic E-state index is 13.6. The van der Waals surface area contributed by atoms with E-state index in [9.17, 15) is 18.0 Å². The number of pyridine rings is 1.